The van der Waals surface area contributed by atoms with Gasteiger partial charge in [-0.15, -0.1) is 0 Å². The number of carbonyl (C=O) groups is 1. The summed E-state index contributed by atoms with van der Waals surface area (Å²) in [5.74, 6) is -0.113. The van der Waals surface area contributed by atoms with Gasteiger partial charge in [-0.05, 0) is 65.4 Å². The highest BCUT2D eigenvalue weighted by Crippen LogP contribution is 2.30. The first kappa shape index (κ1) is 14.1. The van der Waals surface area contributed by atoms with Crippen LogP contribution in [-0.2, 0) is 4.79 Å². The fourth-order valence-electron chi connectivity index (χ4n) is 2.25. The van der Waals surface area contributed by atoms with Crippen molar-refractivity contribution in [2.24, 2.45) is 0 Å². The number of carboxylic acid groups (broad SMARTS) is 1. The van der Waals surface area contributed by atoms with Crippen LogP contribution >= 0.6 is 15.9 Å². The van der Waals surface area contributed by atoms with Crippen molar-refractivity contribution in [3.05, 3.63) is 34.3 Å². The number of hydrogen-bond acceptors (Lipinski definition) is 2. The zero-order valence-corrected chi connectivity index (χ0v) is 12.2. The summed E-state index contributed by atoms with van der Waals surface area (Å²) < 4.78 is 6.85. The molecule has 1 N–H and O–H groups in total. The predicted molar refractivity (Wildman–Crippen MR) is 78.3 cm³/mol. The molecule has 0 bridgehead atoms. The van der Waals surface area contributed by atoms with E-state index < -0.39 is 5.97 Å². The van der Waals surface area contributed by atoms with Gasteiger partial charge in [0.1, 0.15) is 5.75 Å². The molecule has 3 nitrogen and oxygen atoms in total. The molecule has 0 amide bonds. The second-order valence-electron chi connectivity index (χ2n) is 4.74. The molecule has 19 heavy (non-hydrogen) atoms. The van der Waals surface area contributed by atoms with Crippen LogP contribution < -0.4 is 4.74 Å². The zero-order chi connectivity index (χ0) is 13.7. The van der Waals surface area contributed by atoms with Crippen LogP contribution in [0.1, 0.15) is 37.7 Å². The number of rotatable bonds is 4. The van der Waals surface area contributed by atoms with E-state index in [0.29, 0.717) is 6.10 Å². The summed E-state index contributed by atoms with van der Waals surface area (Å²) in [5.41, 5.74) is 0.838. The highest BCUT2D eigenvalue weighted by molar-refractivity contribution is 9.10. The number of halogens is 1. The molecule has 1 saturated carbocycles. The van der Waals surface area contributed by atoms with Crippen LogP contribution in [0, 0.1) is 0 Å². The van der Waals surface area contributed by atoms with Gasteiger partial charge in [0.05, 0.1) is 10.6 Å². The number of ether oxygens (including phenoxy) is 1. The third kappa shape index (κ3) is 4.39. The summed E-state index contributed by atoms with van der Waals surface area (Å²) in [5, 5.41) is 8.59. The van der Waals surface area contributed by atoms with Gasteiger partial charge in [-0.25, -0.2) is 4.79 Å². The van der Waals surface area contributed by atoms with E-state index in [4.69, 9.17) is 9.84 Å². The average Bonchev–Trinajstić information content (AvgIpc) is 2.40. The van der Waals surface area contributed by atoms with Gasteiger partial charge in [0.25, 0.3) is 0 Å². The van der Waals surface area contributed by atoms with Crippen molar-refractivity contribution in [2.45, 2.75) is 38.2 Å². The largest absolute Gasteiger partial charge is 0.489 e. The summed E-state index contributed by atoms with van der Waals surface area (Å²) in [4.78, 5) is 10.5. The highest BCUT2D eigenvalue weighted by atomic mass is 79.9. The lowest BCUT2D eigenvalue weighted by Crippen LogP contribution is -2.19. The van der Waals surface area contributed by atoms with Crippen molar-refractivity contribution >= 4 is 28.0 Å². The smallest absolute Gasteiger partial charge is 0.328 e. The monoisotopic (exact) mass is 324 g/mol. The molecule has 0 spiro atoms. The Balaban J connectivity index is 2.04. The second kappa shape index (κ2) is 6.75. The maximum absolute atomic E-state index is 10.5. The molecule has 4 heteroatoms. The van der Waals surface area contributed by atoms with Crippen molar-refractivity contribution in [1.29, 1.82) is 0 Å². The summed E-state index contributed by atoms with van der Waals surface area (Å²) in [6.45, 7) is 0. The summed E-state index contributed by atoms with van der Waals surface area (Å²) in [6, 6.07) is 5.63. The Kier molecular flexibility index (Phi) is 5.02. The lowest BCUT2D eigenvalue weighted by Gasteiger charge is -2.23. The Morgan fingerprint density at radius 3 is 2.68 bits per heavy atom. The van der Waals surface area contributed by atoms with Crippen LogP contribution in [0.2, 0.25) is 0 Å². The maximum atomic E-state index is 10.5. The Bertz CT molecular complexity index is 476. The first-order chi connectivity index (χ1) is 9.15. The molecule has 1 aliphatic rings. The molecular weight excluding hydrogens is 308 g/mol. The molecule has 0 unspecified atom stereocenters. The average molecular weight is 325 g/mol. The molecule has 1 fully saturated rings. The van der Waals surface area contributed by atoms with Crippen LogP contribution in [0.25, 0.3) is 6.08 Å². The lowest BCUT2D eigenvalue weighted by molar-refractivity contribution is -0.131. The molecule has 0 radical (unpaired) electrons. The molecule has 1 aromatic carbocycles. The SMILES string of the molecule is O=C(O)C=Cc1ccc(OC2CCCCC2)c(Br)c1. The Labute approximate surface area is 121 Å². The fraction of sp³-hybridized carbons (Fsp3) is 0.400. The Hall–Kier alpha value is -1.29. The lowest BCUT2D eigenvalue weighted by atomic mass is 9.98. The molecular formula is C15H17BrO3. The van der Waals surface area contributed by atoms with Crippen LogP contribution in [0.5, 0.6) is 5.75 Å². The van der Waals surface area contributed by atoms with Gasteiger partial charge in [0.15, 0.2) is 0 Å². The zero-order valence-electron chi connectivity index (χ0n) is 10.6. The first-order valence-corrected chi connectivity index (χ1v) is 7.31. The molecule has 0 heterocycles. The standard InChI is InChI=1S/C15H17BrO3/c16-13-10-11(7-9-15(17)18)6-8-14(13)19-12-4-2-1-3-5-12/h6-10,12H,1-5H2,(H,17,18). The Morgan fingerprint density at radius 1 is 1.32 bits per heavy atom. The van der Waals surface area contributed by atoms with Gasteiger partial charge in [-0.2, -0.15) is 0 Å². The summed E-state index contributed by atoms with van der Waals surface area (Å²) in [6.07, 6.45) is 9.02. The van der Waals surface area contributed by atoms with Gasteiger partial charge in [0, 0.05) is 6.08 Å². The van der Waals surface area contributed by atoms with Crippen LogP contribution in [0.15, 0.2) is 28.7 Å². The normalized spacial score (nSPS) is 16.7. The van der Waals surface area contributed by atoms with Crippen molar-refractivity contribution in [1.82, 2.24) is 0 Å². The van der Waals surface area contributed by atoms with Crippen LogP contribution in [0.3, 0.4) is 0 Å². The van der Waals surface area contributed by atoms with E-state index in [-0.39, 0.29) is 0 Å². The Morgan fingerprint density at radius 2 is 2.05 bits per heavy atom. The number of carboxylic acids is 1. The van der Waals surface area contributed by atoms with Gasteiger partial charge < -0.3 is 9.84 Å². The van der Waals surface area contributed by atoms with Crippen molar-refractivity contribution in [2.75, 3.05) is 0 Å². The maximum Gasteiger partial charge on any atom is 0.328 e. The third-order valence-electron chi connectivity index (χ3n) is 3.22. The molecule has 0 aromatic heterocycles. The molecule has 0 atom stereocenters. The van der Waals surface area contributed by atoms with E-state index in [9.17, 15) is 4.79 Å². The molecule has 1 aliphatic carbocycles. The molecule has 0 saturated heterocycles. The minimum absolute atomic E-state index is 0.311. The van der Waals surface area contributed by atoms with Crippen molar-refractivity contribution in [3.8, 4) is 5.75 Å². The number of hydrogen-bond donors (Lipinski definition) is 1. The van der Waals surface area contributed by atoms with E-state index in [1.807, 2.05) is 18.2 Å². The quantitative estimate of drug-likeness (QED) is 0.842. The van der Waals surface area contributed by atoms with Gasteiger partial charge in [-0.1, -0.05) is 12.5 Å². The van der Waals surface area contributed by atoms with Gasteiger partial charge in [-0.3, -0.25) is 0 Å². The van der Waals surface area contributed by atoms with Gasteiger partial charge in [0.2, 0.25) is 0 Å². The minimum Gasteiger partial charge on any atom is -0.489 e. The molecule has 2 rings (SSSR count). The van der Waals surface area contributed by atoms with Gasteiger partial charge >= 0.3 is 5.97 Å². The van der Waals surface area contributed by atoms with E-state index >= 15 is 0 Å². The van der Waals surface area contributed by atoms with E-state index in [0.717, 1.165) is 34.7 Å². The minimum atomic E-state index is -0.946. The number of benzene rings is 1. The first-order valence-electron chi connectivity index (χ1n) is 6.52. The molecule has 1 aromatic rings. The topological polar surface area (TPSA) is 46.5 Å². The van der Waals surface area contributed by atoms with Crippen LogP contribution in [0.4, 0.5) is 0 Å². The van der Waals surface area contributed by atoms with Crippen molar-refractivity contribution < 1.29 is 14.6 Å². The number of aliphatic carboxylic acids is 1. The van der Waals surface area contributed by atoms with Crippen LogP contribution in [-0.4, -0.2) is 17.2 Å². The molecule has 102 valence electrons. The fourth-order valence-corrected chi connectivity index (χ4v) is 2.74. The highest BCUT2D eigenvalue weighted by Gasteiger charge is 2.15. The van der Waals surface area contributed by atoms with Crippen molar-refractivity contribution in [3.63, 3.8) is 0 Å². The summed E-state index contributed by atoms with van der Waals surface area (Å²) in [7, 11) is 0. The van der Waals surface area contributed by atoms with E-state index in [1.54, 1.807) is 6.08 Å². The summed E-state index contributed by atoms with van der Waals surface area (Å²) >= 11 is 3.47. The van der Waals surface area contributed by atoms with E-state index in [2.05, 4.69) is 15.9 Å². The van der Waals surface area contributed by atoms with E-state index in [1.165, 1.54) is 19.3 Å². The second-order valence-corrected chi connectivity index (χ2v) is 5.59. The molecule has 0 aliphatic heterocycles. The third-order valence-corrected chi connectivity index (χ3v) is 3.84. The predicted octanol–water partition coefficient (Wildman–Crippen LogP) is 4.26.